The second-order valence-corrected chi connectivity index (χ2v) is 3.55. The summed E-state index contributed by atoms with van der Waals surface area (Å²) in [6.07, 6.45) is 0.924. The number of ether oxygens (including phenoxy) is 2. The number of amides is 1. The Bertz CT molecular complexity index is 158. The molecule has 0 aliphatic carbocycles. The fraction of sp³-hybridized carbons (Fsp3) is 0.923. The Morgan fingerprint density at radius 2 is 1.56 bits per heavy atom. The van der Waals surface area contributed by atoms with E-state index in [1.807, 2.05) is 25.7 Å². The van der Waals surface area contributed by atoms with E-state index < -0.39 is 0 Å². The molecule has 1 aliphatic heterocycles. The van der Waals surface area contributed by atoms with Gasteiger partial charge in [0.2, 0.25) is 6.41 Å². The zero-order chi connectivity index (χ0) is 14.2. The molecule has 18 heavy (non-hydrogen) atoms. The van der Waals surface area contributed by atoms with E-state index in [2.05, 4.69) is 9.64 Å². The van der Waals surface area contributed by atoms with Gasteiger partial charge in [-0.2, -0.15) is 0 Å². The van der Waals surface area contributed by atoms with Crippen LogP contribution in [0, 0.1) is 0 Å². The van der Waals surface area contributed by atoms with Crippen LogP contribution in [0.3, 0.4) is 0 Å². The second-order valence-electron chi connectivity index (χ2n) is 3.55. The van der Waals surface area contributed by atoms with Crippen molar-refractivity contribution in [3.63, 3.8) is 0 Å². The summed E-state index contributed by atoms with van der Waals surface area (Å²) in [6.45, 7) is 12.2. The van der Waals surface area contributed by atoms with Crippen LogP contribution in [0.25, 0.3) is 0 Å². The van der Waals surface area contributed by atoms with Crippen molar-refractivity contribution in [2.75, 3.05) is 60.2 Å². The Morgan fingerprint density at radius 3 is 1.89 bits per heavy atom. The van der Waals surface area contributed by atoms with Crippen molar-refractivity contribution in [2.45, 2.75) is 20.8 Å². The number of piperazine rings is 1. The lowest BCUT2D eigenvalue weighted by Gasteiger charge is -2.32. The Kier molecular flexibility index (Phi) is 17.9. The summed E-state index contributed by atoms with van der Waals surface area (Å²) in [5.41, 5.74) is 0. The fourth-order valence-corrected chi connectivity index (χ4v) is 1.31. The molecule has 5 heteroatoms. The summed E-state index contributed by atoms with van der Waals surface area (Å²) >= 11 is 0. The average Bonchev–Trinajstić information content (AvgIpc) is 2.48. The SMILES string of the molecule is CC.CCOC.COCCN1CCN(C=O)CC1. The Morgan fingerprint density at radius 1 is 1.06 bits per heavy atom. The first-order valence-electron chi connectivity index (χ1n) is 6.68. The van der Waals surface area contributed by atoms with E-state index in [0.29, 0.717) is 0 Å². The topological polar surface area (TPSA) is 42.0 Å². The smallest absolute Gasteiger partial charge is 0.209 e. The number of rotatable bonds is 5. The molecule has 0 spiro atoms. The van der Waals surface area contributed by atoms with Gasteiger partial charge in [-0.05, 0) is 6.92 Å². The third-order valence-corrected chi connectivity index (χ3v) is 2.46. The highest BCUT2D eigenvalue weighted by atomic mass is 16.5. The van der Waals surface area contributed by atoms with Crippen molar-refractivity contribution in [2.24, 2.45) is 0 Å². The third-order valence-electron chi connectivity index (χ3n) is 2.46. The molecule has 0 aromatic carbocycles. The molecule has 0 saturated carbocycles. The van der Waals surface area contributed by atoms with Gasteiger partial charge in [-0.15, -0.1) is 0 Å². The fourth-order valence-electron chi connectivity index (χ4n) is 1.31. The van der Waals surface area contributed by atoms with Gasteiger partial charge in [-0.3, -0.25) is 9.69 Å². The minimum absolute atomic E-state index is 0.779. The van der Waals surface area contributed by atoms with Crippen LogP contribution < -0.4 is 0 Å². The van der Waals surface area contributed by atoms with E-state index >= 15 is 0 Å². The minimum atomic E-state index is 0.779. The molecule has 0 radical (unpaired) electrons. The van der Waals surface area contributed by atoms with Crippen molar-refractivity contribution in [1.82, 2.24) is 9.80 Å². The van der Waals surface area contributed by atoms with Gasteiger partial charge in [-0.1, -0.05) is 13.8 Å². The summed E-state index contributed by atoms with van der Waals surface area (Å²) in [5.74, 6) is 0. The predicted molar refractivity (Wildman–Crippen MR) is 74.9 cm³/mol. The maximum Gasteiger partial charge on any atom is 0.209 e. The quantitative estimate of drug-likeness (QED) is 0.696. The van der Waals surface area contributed by atoms with Gasteiger partial charge in [0, 0.05) is 53.6 Å². The largest absolute Gasteiger partial charge is 0.385 e. The van der Waals surface area contributed by atoms with Crippen LogP contribution in [0.5, 0.6) is 0 Å². The van der Waals surface area contributed by atoms with E-state index in [1.54, 1.807) is 14.2 Å². The van der Waals surface area contributed by atoms with E-state index in [9.17, 15) is 4.79 Å². The van der Waals surface area contributed by atoms with Crippen LogP contribution in [-0.4, -0.2) is 76.4 Å². The molecule has 0 aromatic heterocycles. The molecule has 0 bridgehead atoms. The van der Waals surface area contributed by atoms with Gasteiger partial charge in [0.05, 0.1) is 6.61 Å². The van der Waals surface area contributed by atoms with Crippen LogP contribution in [0.4, 0.5) is 0 Å². The van der Waals surface area contributed by atoms with Gasteiger partial charge in [-0.25, -0.2) is 0 Å². The number of carbonyl (C=O) groups is 1. The maximum atomic E-state index is 10.4. The molecule has 1 heterocycles. The minimum Gasteiger partial charge on any atom is -0.385 e. The molecular formula is C13H30N2O3. The highest BCUT2D eigenvalue weighted by molar-refractivity contribution is 5.47. The number of carbonyl (C=O) groups excluding carboxylic acids is 1. The first kappa shape index (κ1) is 19.7. The Labute approximate surface area is 112 Å². The molecule has 1 saturated heterocycles. The molecule has 1 rings (SSSR count). The standard InChI is InChI=1S/C8H16N2O2.C3H8O.C2H6/c1-12-7-6-9-2-4-10(8-11)5-3-9;1-3-4-2;1-2/h8H,2-7H2,1H3;3H2,1-2H3;1-2H3. The Balaban J connectivity index is 0. The number of methoxy groups -OCH3 is 2. The average molecular weight is 262 g/mol. The molecule has 1 aliphatic rings. The van der Waals surface area contributed by atoms with Crippen molar-refractivity contribution in [3.05, 3.63) is 0 Å². The molecule has 0 N–H and O–H groups in total. The molecular weight excluding hydrogens is 232 g/mol. The monoisotopic (exact) mass is 262 g/mol. The molecule has 0 atom stereocenters. The van der Waals surface area contributed by atoms with Gasteiger partial charge in [0.25, 0.3) is 0 Å². The zero-order valence-corrected chi connectivity index (χ0v) is 12.6. The summed E-state index contributed by atoms with van der Waals surface area (Å²) in [5, 5.41) is 0. The normalized spacial score (nSPS) is 15.1. The lowest BCUT2D eigenvalue weighted by molar-refractivity contribution is -0.119. The van der Waals surface area contributed by atoms with E-state index in [-0.39, 0.29) is 0 Å². The predicted octanol–water partition coefficient (Wildman–Crippen LogP) is 1.09. The second kappa shape index (κ2) is 16.4. The summed E-state index contributed by atoms with van der Waals surface area (Å²) in [7, 11) is 3.39. The van der Waals surface area contributed by atoms with Crippen LogP contribution in [-0.2, 0) is 14.3 Å². The van der Waals surface area contributed by atoms with Gasteiger partial charge in [0.1, 0.15) is 0 Å². The molecule has 0 unspecified atom stereocenters. The van der Waals surface area contributed by atoms with Crippen molar-refractivity contribution < 1.29 is 14.3 Å². The van der Waals surface area contributed by atoms with Gasteiger partial charge in [0.15, 0.2) is 0 Å². The van der Waals surface area contributed by atoms with Gasteiger partial charge < -0.3 is 14.4 Å². The highest BCUT2D eigenvalue weighted by Crippen LogP contribution is 1.98. The van der Waals surface area contributed by atoms with Crippen LogP contribution in [0.1, 0.15) is 20.8 Å². The number of nitrogens with zero attached hydrogens (tertiary/aromatic N) is 2. The molecule has 5 nitrogen and oxygen atoms in total. The van der Waals surface area contributed by atoms with Crippen LogP contribution >= 0.6 is 0 Å². The van der Waals surface area contributed by atoms with Crippen molar-refractivity contribution >= 4 is 6.41 Å². The summed E-state index contributed by atoms with van der Waals surface area (Å²) < 4.78 is 9.51. The lowest BCUT2D eigenvalue weighted by atomic mass is 10.3. The van der Waals surface area contributed by atoms with E-state index in [1.165, 1.54) is 0 Å². The maximum absolute atomic E-state index is 10.4. The first-order valence-corrected chi connectivity index (χ1v) is 6.68. The molecule has 0 aromatic rings. The first-order chi connectivity index (χ1) is 8.78. The zero-order valence-electron chi connectivity index (χ0n) is 12.6. The molecule has 1 fully saturated rings. The lowest BCUT2D eigenvalue weighted by Crippen LogP contribution is -2.46. The number of hydrogen-bond acceptors (Lipinski definition) is 4. The number of hydrogen-bond donors (Lipinski definition) is 0. The van der Waals surface area contributed by atoms with Crippen molar-refractivity contribution in [3.8, 4) is 0 Å². The molecule has 1 amide bonds. The van der Waals surface area contributed by atoms with E-state index in [0.717, 1.165) is 52.3 Å². The third kappa shape index (κ3) is 11.8. The highest BCUT2D eigenvalue weighted by Gasteiger charge is 2.13. The van der Waals surface area contributed by atoms with Crippen LogP contribution in [0.2, 0.25) is 0 Å². The van der Waals surface area contributed by atoms with E-state index in [4.69, 9.17) is 4.74 Å². The molecule has 110 valence electrons. The van der Waals surface area contributed by atoms with Crippen molar-refractivity contribution in [1.29, 1.82) is 0 Å². The Hall–Kier alpha value is -0.650. The van der Waals surface area contributed by atoms with Crippen LogP contribution in [0.15, 0.2) is 0 Å². The summed E-state index contributed by atoms with van der Waals surface area (Å²) in [4.78, 5) is 14.5. The summed E-state index contributed by atoms with van der Waals surface area (Å²) in [6, 6.07) is 0. The van der Waals surface area contributed by atoms with Gasteiger partial charge >= 0.3 is 0 Å².